The summed E-state index contributed by atoms with van der Waals surface area (Å²) in [5.41, 5.74) is 3.80. The molecular weight excluding hydrogens is 494 g/mol. The molecule has 5 rings (SSSR count). The number of carbonyl (C=O) groups is 2. The number of hydrogen-bond donors (Lipinski definition) is 1. The molecule has 0 unspecified atom stereocenters. The lowest BCUT2D eigenvalue weighted by Crippen LogP contribution is -2.37. The molecule has 176 valence electrons. The number of anilines is 1. The maximum atomic E-state index is 12.3. The van der Waals surface area contributed by atoms with Crippen LogP contribution in [-0.2, 0) is 19.4 Å². The van der Waals surface area contributed by atoms with Gasteiger partial charge < -0.3 is 10.0 Å². The summed E-state index contributed by atoms with van der Waals surface area (Å²) >= 11 is 2.88. The number of nitrogens with zero attached hydrogens (tertiary/aromatic N) is 3. The van der Waals surface area contributed by atoms with E-state index in [1.54, 1.807) is 11.3 Å². The van der Waals surface area contributed by atoms with Crippen molar-refractivity contribution in [1.82, 2.24) is 4.98 Å². The number of thioether (sulfide) groups is 1. The minimum Gasteiger partial charge on any atom is -0.481 e. The highest BCUT2D eigenvalue weighted by molar-refractivity contribution is 8.16. The molecule has 11 heteroatoms. The maximum Gasteiger partial charge on any atom is 0.303 e. The van der Waals surface area contributed by atoms with Gasteiger partial charge in [0.15, 0.2) is 15.0 Å². The number of sulfone groups is 1. The maximum absolute atomic E-state index is 12.3. The zero-order chi connectivity index (χ0) is 24.0. The van der Waals surface area contributed by atoms with Crippen molar-refractivity contribution in [3.63, 3.8) is 0 Å². The predicted octanol–water partition coefficient (Wildman–Crippen LogP) is 3.74. The van der Waals surface area contributed by atoms with Crippen LogP contribution in [0, 0.1) is 6.92 Å². The van der Waals surface area contributed by atoms with Gasteiger partial charge in [-0.3, -0.25) is 9.59 Å². The van der Waals surface area contributed by atoms with E-state index in [-0.39, 0.29) is 35.6 Å². The van der Waals surface area contributed by atoms with E-state index in [9.17, 15) is 18.0 Å². The Bertz CT molecular complexity index is 1430. The molecule has 2 saturated heterocycles. The van der Waals surface area contributed by atoms with Gasteiger partial charge in [-0.05, 0) is 48.9 Å². The number of amides is 1. The number of fused-ring (bicyclic) bond motifs is 2. The van der Waals surface area contributed by atoms with Crippen LogP contribution in [0.25, 0.3) is 20.8 Å². The van der Waals surface area contributed by atoms with Crippen LogP contribution in [0.2, 0.25) is 0 Å². The van der Waals surface area contributed by atoms with Crippen LogP contribution in [-0.4, -0.2) is 58.3 Å². The third kappa shape index (κ3) is 4.59. The monoisotopic (exact) mass is 515 g/mol. The molecule has 34 heavy (non-hydrogen) atoms. The van der Waals surface area contributed by atoms with Crippen LogP contribution in [0.5, 0.6) is 0 Å². The lowest BCUT2D eigenvalue weighted by molar-refractivity contribution is -0.138. The van der Waals surface area contributed by atoms with Crippen LogP contribution >= 0.6 is 23.1 Å². The summed E-state index contributed by atoms with van der Waals surface area (Å²) in [6, 6.07) is 13.5. The molecule has 0 aliphatic carbocycles. The average Bonchev–Trinajstić information content (AvgIpc) is 3.41. The number of aromatic nitrogens is 1. The Balaban J connectivity index is 1.45. The number of rotatable bonds is 5. The minimum atomic E-state index is -3.18. The first-order valence-corrected chi connectivity index (χ1v) is 14.2. The zero-order valence-electron chi connectivity index (χ0n) is 18.2. The van der Waals surface area contributed by atoms with Crippen molar-refractivity contribution >= 4 is 65.9 Å². The van der Waals surface area contributed by atoms with E-state index in [1.165, 1.54) is 17.3 Å². The number of benzene rings is 2. The Morgan fingerprint density at radius 3 is 2.65 bits per heavy atom. The highest BCUT2D eigenvalue weighted by Crippen LogP contribution is 2.41. The van der Waals surface area contributed by atoms with E-state index < -0.39 is 21.7 Å². The smallest absolute Gasteiger partial charge is 0.303 e. The molecule has 1 amide bonds. The number of carboxylic acids is 1. The third-order valence-electron chi connectivity index (χ3n) is 5.78. The number of amidine groups is 1. The summed E-state index contributed by atoms with van der Waals surface area (Å²) in [5.74, 6) is -1.57. The van der Waals surface area contributed by atoms with Crippen LogP contribution in [0.1, 0.15) is 18.4 Å². The number of thiazole rings is 1. The summed E-state index contributed by atoms with van der Waals surface area (Å²) in [7, 11) is -3.18. The quantitative estimate of drug-likeness (QED) is 0.546. The van der Waals surface area contributed by atoms with Crippen LogP contribution in [0.4, 0.5) is 5.69 Å². The van der Waals surface area contributed by atoms with E-state index in [0.29, 0.717) is 5.17 Å². The molecule has 2 atom stereocenters. The number of carbonyl (C=O) groups excluding carboxylic acids is 1. The molecule has 0 bridgehead atoms. The lowest BCUT2D eigenvalue weighted by atomic mass is 10.1. The summed E-state index contributed by atoms with van der Waals surface area (Å²) in [4.78, 5) is 33.7. The second-order valence-electron chi connectivity index (χ2n) is 8.39. The standard InChI is InChI=1S/C23H21N3O5S3/c1-13-2-7-16-18(10-13)32-22(24-16)14-3-5-15(6-4-14)26-17-11-34(30,31)12-19(17)33-23(26)25-20(27)8-9-21(28)29/h2-7,10,17,19H,8-9,11-12H2,1H3,(H,28,29)/t17-,19-/m0/s1. The number of hydrogen-bond acceptors (Lipinski definition) is 7. The van der Waals surface area contributed by atoms with Gasteiger partial charge in [0.1, 0.15) is 5.01 Å². The fourth-order valence-corrected chi connectivity index (χ4v) is 9.16. The van der Waals surface area contributed by atoms with Crippen LogP contribution < -0.4 is 4.90 Å². The highest BCUT2D eigenvalue weighted by Gasteiger charge is 2.49. The Morgan fingerprint density at radius 2 is 1.91 bits per heavy atom. The second-order valence-corrected chi connectivity index (χ2v) is 12.8. The number of carboxylic acid groups (broad SMARTS) is 1. The summed E-state index contributed by atoms with van der Waals surface area (Å²) in [6.45, 7) is 2.05. The first kappa shape index (κ1) is 23.0. The van der Waals surface area contributed by atoms with Gasteiger partial charge in [0.05, 0.1) is 34.2 Å². The molecule has 3 aromatic rings. The van der Waals surface area contributed by atoms with Crippen LogP contribution in [0.3, 0.4) is 0 Å². The van der Waals surface area contributed by atoms with Crippen molar-refractivity contribution in [3.8, 4) is 10.6 Å². The zero-order valence-corrected chi connectivity index (χ0v) is 20.6. The van der Waals surface area contributed by atoms with Gasteiger partial charge in [0, 0.05) is 22.9 Å². The number of aliphatic carboxylic acids is 1. The molecule has 3 heterocycles. The topological polar surface area (TPSA) is 117 Å². The average molecular weight is 516 g/mol. The molecule has 1 N–H and O–H groups in total. The Hall–Kier alpha value is -2.76. The fourth-order valence-electron chi connectivity index (χ4n) is 4.16. The Labute approximate surface area is 204 Å². The first-order valence-electron chi connectivity index (χ1n) is 10.7. The molecule has 1 aromatic heterocycles. The lowest BCUT2D eigenvalue weighted by Gasteiger charge is -2.24. The second kappa shape index (κ2) is 8.79. The SMILES string of the molecule is Cc1ccc2nc(-c3ccc(N4C(=NC(=O)CCC(=O)O)S[C@H]5CS(=O)(=O)C[C@@H]54)cc3)sc2c1. The van der Waals surface area contributed by atoms with Gasteiger partial charge in [-0.1, -0.05) is 17.8 Å². The minimum absolute atomic E-state index is 0.00796. The number of aryl methyl sites for hydroxylation is 1. The Morgan fingerprint density at radius 1 is 1.15 bits per heavy atom. The van der Waals surface area contributed by atoms with Gasteiger partial charge >= 0.3 is 5.97 Å². The molecule has 0 spiro atoms. The number of aliphatic imine (C=N–C) groups is 1. The normalized spacial score (nSPS) is 22.4. The first-order chi connectivity index (χ1) is 16.2. The van der Waals surface area contributed by atoms with Crippen molar-refractivity contribution in [2.75, 3.05) is 16.4 Å². The van der Waals surface area contributed by atoms with Gasteiger partial charge in [-0.25, -0.2) is 13.4 Å². The van der Waals surface area contributed by atoms with Gasteiger partial charge in [-0.15, -0.1) is 11.3 Å². The molecule has 2 aliphatic rings. The fraction of sp³-hybridized carbons (Fsp3) is 0.304. The van der Waals surface area contributed by atoms with Gasteiger partial charge in [0.25, 0.3) is 0 Å². The molecule has 8 nitrogen and oxygen atoms in total. The van der Waals surface area contributed by atoms with E-state index in [4.69, 9.17) is 10.1 Å². The van der Waals surface area contributed by atoms with Crippen molar-refractivity contribution in [1.29, 1.82) is 0 Å². The summed E-state index contributed by atoms with van der Waals surface area (Å²) < 4.78 is 25.6. The molecule has 0 radical (unpaired) electrons. The van der Waals surface area contributed by atoms with Crippen molar-refractivity contribution < 1.29 is 23.1 Å². The van der Waals surface area contributed by atoms with Gasteiger partial charge in [-0.2, -0.15) is 4.99 Å². The molecular formula is C23H21N3O5S3. The summed E-state index contributed by atoms with van der Waals surface area (Å²) in [5, 5.41) is 9.93. The van der Waals surface area contributed by atoms with Crippen molar-refractivity contribution in [2.45, 2.75) is 31.1 Å². The van der Waals surface area contributed by atoms with E-state index in [2.05, 4.69) is 11.1 Å². The van der Waals surface area contributed by atoms with E-state index >= 15 is 0 Å². The highest BCUT2D eigenvalue weighted by atomic mass is 32.2. The Kier molecular flexibility index (Phi) is 5.95. The van der Waals surface area contributed by atoms with Crippen molar-refractivity contribution in [3.05, 3.63) is 48.0 Å². The van der Waals surface area contributed by atoms with E-state index in [0.717, 1.165) is 26.5 Å². The largest absolute Gasteiger partial charge is 0.481 e. The molecule has 2 aliphatic heterocycles. The third-order valence-corrected chi connectivity index (χ3v) is 10.1. The van der Waals surface area contributed by atoms with Crippen molar-refractivity contribution in [2.24, 2.45) is 4.99 Å². The molecule has 0 saturated carbocycles. The van der Waals surface area contributed by atoms with Crippen LogP contribution in [0.15, 0.2) is 47.5 Å². The molecule has 2 aromatic carbocycles. The van der Waals surface area contributed by atoms with E-state index in [1.807, 2.05) is 48.2 Å². The summed E-state index contributed by atoms with van der Waals surface area (Å²) in [6.07, 6.45) is -0.491. The molecule has 2 fully saturated rings. The van der Waals surface area contributed by atoms with Gasteiger partial charge in [0.2, 0.25) is 5.91 Å². The predicted molar refractivity (Wildman–Crippen MR) is 135 cm³/mol.